The van der Waals surface area contributed by atoms with Crippen LogP contribution in [0.3, 0.4) is 0 Å². The summed E-state index contributed by atoms with van der Waals surface area (Å²) in [6.45, 7) is 5.27. The highest BCUT2D eigenvalue weighted by Gasteiger charge is 2.19. The lowest BCUT2D eigenvalue weighted by atomic mass is 10.1. The summed E-state index contributed by atoms with van der Waals surface area (Å²) in [5.74, 6) is 0.761. The van der Waals surface area contributed by atoms with Gasteiger partial charge in [0, 0.05) is 25.2 Å². The lowest BCUT2D eigenvalue weighted by Gasteiger charge is -2.12. The highest BCUT2D eigenvalue weighted by Crippen LogP contribution is 2.18. The highest BCUT2D eigenvalue weighted by atomic mass is 16.2. The molecule has 0 atom stereocenters. The molecule has 0 radical (unpaired) electrons. The van der Waals surface area contributed by atoms with Crippen LogP contribution in [0.25, 0.3) is 11.0 Å². The van der Waals surface area contributed by atoms with E-state index in [2.05, 4.69) is 5.32 Å². The molecule has 0 spiro atoms. The largest absolute Gasteiger partial charge is 0.350 e. The summed E-state index contributed by atoms with van der Waals surface area (Å²) in [7, 11) is 0. The first-order valence-electron chi connectivity index (χ1n) is 9.95. The van der Waals surface area contributed by atoms with Gasteiger partial charge in [-0.2, -0.15) is 0 Å². The second-order valence-corrected chi connectivity index (χ2v) is 7.66. The molecule has 1 amide bonds. The Morgan fingerprint density at radius 2 is 1.93 bits per heavy atom. The molecule has 1 aromatic carbocycles. The number of carbonyl (C=O) groups excluding carboxylic acids is 1. The van der Waals surface area contributed by atoms with Crippen LogP contribution in [0.4, 0.5) is 0 Å². The highest BCUT2D eigenvalue weighted by molar-refractivity contribution is 5.81. The summed E-state index contributed by atoms with van der Waals surface area (Å²) in [6, 6.07) is 10.00. The number of fused-ring (bicyclic) bond motifs is 2. The van der Waals surface area contributed by atoms with Crippen molar-refractivity contribution in [1.82, 2.24) is 19.4 Å². The standard InChI is InChI=1S/C22H26N4O2/c1-15-7-9-17(10-8-15)13-23-20(27)14-26-16(2)12-18-21(26)22(28)25-11-5-3-4-6-19(25)24-18/h7-10,12H,3-6,11,13-14H2,1-2H3,(H,23,27). The maximum absolute atomic E-state index is 13.1. The number of carbonyl (C=O) groups is 1. The number of nitrogens with one attached hydrogen (secondary N) is 1. The third-order valence-electron chi connectivity index (χ3n) is 5.49. The van der Waals surface area contributed by atoms with Crippen LogP contribution in [-0.2, 0) is 30.8 Å². The van der Waals surface area contributed by atoms with Gasteiger partial charge in [0.15, 0.2) is 0 Å². The van der Waals surface area contributed by atoms with E-state index in [0.717, 1.165) is 42.8 Å². The Morgan fingerprint density at radius 3 is 2.71 bits per heavy atom. The normalized spacial score (nSPS) is 13.9. The summed E-state index contributed by atoms with van der Waals surface area (Å²) < 4.78 is 3.60. The van der Waals surface area contributed by atoms with Crippen LogP contribution < -0.4 is 10.9 Å². The molecule has 1 aliphatic heterocycles. The molecule has 2 aromatic heterocycles. The molecule has 6 nitrogen and oxygen atoms in total. The van der Waals surface area contributed by atoms with Gasteiger partial charge in [0.05, 0.1) is 5.52 Å². The molecule has 0 saturated heterocycles. The van der Waals surface area contributed by atoms with Crippen molar-refractivity contribution in [2.24, 2.45) is 0 Å². The Hall–Kier alpha value is -2.89. The number of nitrogens with zero attached hydrogens (tertiary/aromatic N) is 3. The van der Waals surface area contributed by atoms with E-state index in [1.807, 2.05) is 44.2 Å². The number of amides is 1. The SMILES string of the molecule is Cc1ccc(CNC(=O)Cn2c(C)cc3nc4n(c(=O)c32)CCCCC4)cc1. The molecule has 6 heteroatoms. The Bertz CT molecular complexity index is 1080. The van der Waals surface area contributed by atoms with Gasteiger partial charge < -0.3 is 9.88 Å². The summed E-state index contributed by atoms with van der Waals surface area (Å²) in [5, 5.41) is 2.95. The van der Waals surface area contributed by atoms with E-state index in [0.29, 0.717) is 24.1 Å². The summed E-state index contributed by atoms with van der Waals surface area (Å²) in [5.41, 5.74) is 4.33. The monoisotopic (exact) mass is 378 g/mol. The van der Waals surface area contributed by atoms with Crippen molar-refractivity contribution < 1.29 is 4.79 Å². The zero-order chi connectivity index (χ0) is 19.7. The summed E-state index contributed by atoms with van der Waals surface area (Å²) in [4.78, 5) is 30.4. The first-order chi connectivity index (χ1) is 13.5. The fourth-order valence-corrected chi connectivity index (χ4v) is 3.87. The molecular formula is C22H26N4O2. The van der Waals surface area contributed by atoms with E-state index in [4.69, 9.17) is 4.98 Å². The molecule has 3 aromatic rings. The van der Waals surface area contributed by atoms with Crippen molar-refractivity contribution in [3.63, 3.8) is 0 Å². The molecular weight excluding hydrogens is 352 g/mol. The van der Waals surface area contributed by atoms with Gasteiger partial charge in [-0.05, 0) is 38.3 Å². The summed E-state index contributed by atoms with van der Waals surface area (Å²) >= 11 is 0. The predicted octanol–water partition coefficient (Wildman–Crippen LogP) is 2.86. The van der Waals surface area contributed by atoms with Crippen LogP contribution in [0.2, 0.25) is 0 Å². The van der Waals surface area contributed by atoms with Gasteiger partial charge >= 0.3 is 0 Å². The zero-order valence-corrected chi connectivity index (χ0v) is 16.5. The van der Waals surface area contributed by atoms with Crippen LogP contribution in [0.1, 0.15) is 41.9 Å². The van der Waals surface area contributed by atoms with Crippen molar-refractivity contribution in [3.8, 4) is 0 Å². The molecule has 1 aliphatic rings. The minimum atomic E-state index is -0.111. The lowest BCUT2D eigenvalue weighted by molar-refractivity contribution is -0.121. The Labute approximate surface area is 164 Å². The predicted molar refractivity (Wildman–Crippen MR) is 109 cm³/mol. The van der Waals surface area contributed by atoms with Crippen molar-refractivity contribution in [1.29, 1.82) is 0 Å². The van der Waals surface area contributed by atoms with Gasteiger partial charge in [0.25, 0.3) is 5.56 Å². The maximum atomic E-state index is 13.1. The van der Waals surface area contributed by atoms with Gasteiger partial charge in [-0.25, -0.2) is 4.98 Å². The number of benzene rings is 1. The van der Waals surface area contributed by atoms with E-state index in [1.54, 1.807) is 9.13 Å². The maximum Gasteiger partial charge on any atom is 0.278 e. The van der Waals surface area contributed by atoms with Gasteiger partial charge in [-0.15, -0.1) is 0 Å². The fourth-order valence-electron chi connectivity index (χ4n) is 3.87. The number of rotatable bonds is 4. The fraction of sp³-hybridized carbons (Fsp3) is 0.409. The van der Waals surface area contributed by atoms with Crippen molar-refractivity contribution in [2.45, 2.75) is 59.2 Å². The smallest absolute Gasteiger partial charge is 0.278 e. The van der Waals surface area contributed by atoms with E-state index in [1.165, 1.54) is 5.56 Å². The topological polar surface area (TPSA) is 68.9 Å². The van der Waals surface area contributed by atoms with Crippen molar-refractivity contribution in [3.05, 3.63) is 63.3 Å². The average Bonchev–Trinajstić information content (AvgIpc) is 2.83. The van der Waals surface area contributed by atoms with E-state index < -0.39 is 0 Å². The third-order valence-corrected chi connectivity index (χ3v) is 5.49. The van der Waals surface area contributed by atoms with Crippen molar-refractivity contribution >= 4 is 16.9 Å². The molecule has 0 saturated carbocycles. The molecule has 28 heavy (non-hydrogen) atoms. The molecule has 0 unspecified atom stereocenters. The second-order valence-electron chi connectivity index (χ2n) is 7.66. The molecule has 146 valence electrons. The average molecular weight is 378 g/mol. The van der Waals surface area contributed by atoms with Gasteiger partial charge in [-0.3, -0.25) is 14.2 Å². The Morgan fingerprint density at radius 1 is 1.14 bits per heavy atom. The van der Waals surface area contributed by atoms with Crippen LogP contribution in [0.5, 0.6) is 0 Å². The minimum absolute atomic E-state index is 0.0265. The molecule has 4 rings (SSSR count). The Balaban J connectivity index is 1.58. The first-order valence-corrected chi connectivity index (χ1v) is 9.95. The quantitative estimate of drug-likeness (QED) is 0.759. The number of aromatic nitrogens is 3. The lowest BCUT2D eigenvalue weighted by Crippen LogP contribution is -2.30. The molecule has 1 N–H and O–H groups in total. The first kappa shape index (κ1) is 18.5. The zero-order valence-electron chi connectivity index (χ0n) is 16.5. The van der Waals surface area contributed by atoms with Crippen LogP contribution in [0.15, 0.2) is 35.1 Å². The van der Waals surface area contributed by atoms with Gasteiger partial charge in [0.2, 0.25) is 5.91 Å². The molecule has 3 heterocycles. The van der Waals surface area contributed by atoms with E-state index in [-0.39, 0.29) is 18.0 Å². The van der Waals surface area contributed by atoms with E-state index in [9.17, 15) is 9.59 Å². The molecule has 0 fully saturated rings. The molecule has 0 aliphatic carbocycles. The molecule has 0 bridgehead atoms. The van der Waals surface area contributed by atoms with Crippen molar-refractivity contribution in [2.75, 3.05) is 0 Å². The Kier molecular flexibility index (Phi) is 5.03. The van der Waals surface area contributed by atoms with Gasteiger partial charge in [0.1, 0.15) is 17.9 Å². The van der Waals surface area contributed by atoms with Gasteiger partial charge in [-0.1, -0.05) is 36.2 Å². The second kappa shape index (κ2) is 7.62. The van der Waals surface area contributed by atoms with Crippen LogP contribution in [-0.4, -0.2) is 20.0 Å². The number of hydrogen-bond donors (Lipinski definition) is 1. The minimum Gasteiger partial charge on any atom is -0.350 e. The number of hydrogen-bond acceptors (Lipinski definition) is 3. The summed E-state index contributed by atoms with van der Waals surface area (Å²) in [6.07, 6.45) is 4.02. The van der Waals surface area contributed by atoms with Crippen LogP contribution >= 0.6 is 0 Å². The number of aryl methyl sites for hydroxylation is 3. The third kappa shape index (κ3) is 3.59. The van der Waals surface area contributed by atoms with E-state index >= 15 is 0 Å². The van der Waals surface area contributed by atoms with Crippen LogP contribution in [0, 0.1) is 13.8 Å².